The van der Waals surface area contributed by atoms with E-state index in [-0.39, 0.29) is 5.56 Å². The third-order valence-electron chi connectivity index (χ3n) is 9.31. The molecule has 4 aromatic carbocycles. The molecule has 0 unspecified atom stereocenters. The number of sulfone groups is 1. The van der Waals surface area contributed by atoms with Gasteiger partial charge in [-0.15, -0.1) is 11.8 Å². The van der Waals surface area contributed by atoms with Gasteiger partial charge < -0.3 is 25.6 Å². The minimum Gasteiger partial charge on any atom is -0.384 e. The summed E-state index contributed by atoms with van der Waals surface area (Å²) in [6.45, 7) is 3.61. The highest BCUT2D eigenvalue weighted by atomic mass is 35.5. The molecule has 1 aliphatic rings. The van der Waals surface area contributed by atoms with Crippen LogP contribution in [-0.2, 0) is 24.6 Å². The van der Waals surface area contributed by atoms with E-state index in [4.69, 9.17) is 16.3 Å². The fraction of sp³-hybridized carbons (Fsp3) is 0.341. The van der Waals surface area contributed by atoms with E-state index in [1.54, 1.807) is 12.1 Å². The van der Waals surface area contributed by atoms with Crippen LogP contribution in [0.15, 0.2) is 117 Å². The van der Waals surface area contributed by atoms with Crippen molar-refractivity contribution < 1.29 is 39.5 Å². The smallest absolute Gasteiger partial charge is 0.384 e. The topological polar surface area (TPSA) is 146 Å². The van der Waals surface area contributed by atoms with Crippen LogP contribution in [0.3, 0.4) is 0 Å². The van der Waals surface area contributed by atoms with E-state index in [9.17, 15) is 34.8 Å². The van der Waals surface area contributed by atoms with Crippen LogP contribution >= 0.6 is 23.4 Å². The van der Waals surface area contributed by atoms with E-state index in [2.05, 4.69) is 16.0 Å². The standard InChI is InChI=1S/C41H47ClF3N5O6S3/c1-50(2)23-6-7-34(28-57-35-8-4-3-5-9-35)48-38-19-18-36(25-39(38)58(52,53)41(43,44)45)59(54,55)49-40(51)30-12-16-33(17-13-30)47-22-21-46-26-31-27-56-24-20-37(31)29-10-14-32(42)15-11-29/h3-5,8-19,25,34,46-48H,6-7,20-24,26-28H2,1-2H3,(H,49,51)/t34-/m1/s1. The first-order valence-corrected chi connectivity index (χ1v) is 23.1. The average molecular weight is 895 g/mol. The molecule has 1 atom stereocenters. The maximum absolute atomic E-state index is 14.0. The Hall–Kier alpha value is -4.10. The van der Waals surface area contributed by atoms with Gasteiger partial charge in [-0.2, -0.15) is 13.2 Å². The molecular weight excluding hydrogens is 847 g/mol. The van der Waals surface area contributed by atoms with Crippen molar-refractivity contribution in [2.75, 3.05) is 69.9 Å². The number of nitrogens with zero attached hydrogens (tertiary/aromatic N) is 1. The fourth-order valence-corrected chi connectivity index (χ4v) is 9.37. The monoisotopic (exact) mass is 893 g/mol. The Balaban J connectivity index is 1.23. The van der Waals surface area contributed by atoms with Crippen LogP contribution in [0.1, 0.15) is 35.2 Å². The SMILES string of the molecule is CN(C)CCC[C@H](CSc1ccccc1)Nc1ccc(S(=O)(=O)NC(=O)c2ccc(NCCNCC3=C(c4ccc(Cl)cc4)CCOC3)cc2)cc1S(=O)(=O)C(F)(F)F. The highest BCUT2D eigenvalue weighted by Crippen LogP contribution is 2.37. The summed E-state index contributed by atoms with van der Waals surface area (Å²) in [5.41, 5.74) is -2.04. The number of alkyl halides is 3. The maximum Gasteiger partial charge on any atom is 0.501 e. The van der Waals surface area contributed by atoms with Crippen molar-refractivity contribution in [2.24, 2.45) is 0 Å². The van der Waals surface area contributed by atoms with Crippen molar-refractivity contribution in [1.29, 1.82) is 0 Å². The average Bonchev–Trinajstić information content (AvgIpc) is 3.20. The van der Waals surface area contributed by atoms with Gasteiger partial charge in [0, 0.05) is 52.6 Å². The van der Waals surface area contributed by atoms with E-state index in [0.717, 1.165) is 34.6 Å². The molecule has 1 amide bonds. The van der Waals surface area contributed by atoms with Crippen LogP contribution in [0.5, 0.6) is 0 Å². The van der Waals surface area contributed by atoms with Crippen LogP contribution in [0.25, 0.3) is 5.57 Å². The van der Waals surface area contributed by atoms with Crippen molar-refractivity contribution in [1.82, 2.24) is 14.9 Å². The normalized spacial score (nSPS) is 14.3. The Morgan fingerprint density at radius 2 is 1.64 bits per heavy atom. The number of carbonyl (C=O) groups excluding carboxylic acids is 1. The van der Waals surface area contributed by atoms with Crippen molar-refractivity contribution in [2.45, 2.75) is 45.5 Å². The number of carbonyl (C=O) groups is 1. The number of hydrogen-bond donors (Lipinski definition) is 4. The van der Waals surface area contributed by atoms with Gasteiger partial charge >= 0.3 is 5.51 Å². The molecule has 0 saturated carbocycles. The van der Waals surface area contributed by atoms with E-state index in [1.807, 2.05) is 78.3 Å². The second kappa shape index (κ2) is 20.9. The molecule has 1 aliphatic heterocycles. The lowest BCUT2D eigenvalue weighted by atomic mass is 9.96. The zero-order valence-electron chi connectivity index (χ0n) is 32.5. The molecule has 318 valence electrons. The molecular formula is C41H47ClF3N5O6S3. The van der Waals surface area contributed by atoms with Gasteiger partial charge in [-0.1, -0.05) is 41.9 Å². The molecule has 0 spiro atoms. The fourth-order valence-electron chi connectivity index (χ4n) is 6.23. The van der Waals surface area contributed by atoms with Crippen molar-refractivity contribution >= 4 is 66.1 Å². The first-order chi connectivity index (χ1) is 28.0. The molecule has 4 N–H and O–H groups in total. The first kappa shape index (κ1) is 46.0. The van der Waals surface area contributed by atoms with Crippen LogP contribution in [0.4, 0.5) is 24.5 Å². The number of hydrogen-bond acceptors (Lipinski definition) is 11. The lowest BCUT2D eigenvalue weighted by Gasteiger charge is -2.23. The lowest BCUT2D eigenvalue weighted by Crippen LogP contribution is -2.31. The number of amides is 1. The van der Waals surface area contributed by atoms with Gasteiger partial charge in [0.15, 0.2) is 0 Å². The number of rotatable bonds is 20. The lowest BCUT2D eigenvalue weighted by molar-refractivity contribution is -0.0435. The summed E-state index contributed by atoms with van der Waals surface area (Å²) in [6, 6.07) is 24.9. The highest BCUT2D eigenvalue weighted by Gasteiger charge is 2.48. The zero-order valence-corrected chi connectivity index (χ0v) is 35.7. The largest absolute Gasteiger partial charge is 0.501 e. The van der Waals surface area contributed by atoms with E-state index in [0.29, 0.717) is 74.8 Å². The molecule has 4 aromatic rings. The summed E-state index contributed by atoms with van der Waals surface area (Å²) < 4.78 is 102. The van der Waals surface area contributed by atoms with Gasteiger partial charge in [0.05, 0.1) is 23.8 Å². The Morgan fingerprint density at radius 1 is 0.932 bits per heavy atom. The molecule has 0 radical (unpaired) electrons. The quantitative estimate of drug-likeness (QED) is 0.0516. The van der Waals surface area contributed by atoms with Gasteiger partial charge in [0.1, 0.15) is 4.90 Å². The third kappa shape index (κ3) is 13.2. The van der Waals surface area contributed by atoms with Gasteiger partial charge in [0.25, 0.3) is 25.8 Å². The minimum atomic E-state index is -6.03. The molecule has 5 rings (SSSR count). The second-order valence-corrected chi connectivity index (χ2v) is 19.1. The molecule has 0 aromatic heterocycles. The van der Waals surface area contributed by atoms with Crippen LogP contribution in [0.2, 0.25) is 5.02 Å². The molecule has 59 heavy (non-hydrogen) atoms. The van der Waals surface area contributed by atoms with Crippen LogP contribution in [-0.4, -0.2) is 98.4 Å². The Kier molecular flexibility index (Phi) is 16.3. The number of benzene rings is 4. The molecule has 1 heterocycles. The Labute approximate surface area is 353 Å². The van der Waals surface area contributed by atoms with Crippen molar-refractivity contribution in [3.05, 3.63) is 119 Å². The van der Waals surface area contributed by atoms with Gasteiger partial charge in [-0.3, -0.25) is 4.79 Å². The third-order valence-corrected chi connectivity index (χ3v) is 13.6. The molecule has 0 aliphatic carbocycles. The maximum atomic E-state index is 14.0. The zero-order chi connectivity index (χ0) is 42.6. The van der Waals surface area contributed by atoms with Gasteiger partial charge in [-0.25, -0.2) is 21.6 Å². The van der Waals surface area contributed by atoms with Crippen LogP contribution in [0, 0.1) is 0 Å². The number of nitrogens with one attached hydrogen (secondary N) is 4. The molecule has 11 nitrogen and oxygen atoms in total. The Bertz CT molecular complexity index is 2280. The molecule has 0 fully saturated rings. The predicted octanol–water partition coefficient (Wildman–Crippen LogP) is 7.54. The summed E-state index contributed by atoms with van der Waals surface area (Å²) in [6.07, 6.45) is 1.93. The number of anilines is 2. The summed E-state index contributed by atoms with van der Waals surface area (Å²) in [4.78, 5) is 13.8. The minimum absolute atomic E-state index is 0.0471. The Morgan fingerprint density at radius 3 is 2.32 bits per heavy atom. The van der Waals surface area contributed by atoms with Gasteiger partial charge in [0.2, 0.25) is 0 Å². The van der Waals surface area contributed by atoms with Gasteiger partial charge in [-0.05, 0) is 123 Å². The van der Waals surface area contributed by atoms with Crippen LogP contribution < -0.4 is 20.7 Å². The summed E-state index contributed by atoms with van der Waals surface area (Å²) in [5, 5.41) is 10.2. The number of halogens is 4. The summed E-state index contributed by atoms with van der Waals surface area (Å²) in [5.74, 6) is -0.676. The summed E-state index contributed by atoms with van der Waals surface area (Å²) in [7, 11) is -7.10. The molecule has 18 heteroatoms. The number of sulfonamides is 1. The first-order valence-electron chi connectivity index (χ1n) is 18.7. The van der Waals surface area contributed by atoms with E-state index < -0.39 is 52.8 Å². The second-order valence-electron chi connectivity index (χ2n) is 14.0. The molecule has 0 saturated heterocycles. The van der Waals surface area contributed by atoms with E-state index >= 15 is 0 Å². The van der Waals surface area contributed by atoms with Crippen molar-refractivity contribution in [3.63, 3.8) is 0 Å². The molecule has 0 bridgehead atoms. The van der Waals surface area contributed by atoms with Crippen molar-refractivity contribution in [3.8, 4) is 0 Å². The predicted molar refractivity (Wildman–Crippen MR) is 228 cm³/mol. The number of thioether (sulfide) groups is 1. The highest BCUT2D eigenvalue weighted by molar-refractivity contribution is 7.99. The number of ether oxygens (including phenoxy) is 1. The summed E-state index contributed by atoms with van der Waals surface area (Å²) >= 11 is 7.50. The van der Waals surface area contributed by atoms with E-state index in [1.165, 1.54) is 29.5 Å².